The van der Waals surface area contributed by atoms with E-state index in [4.69, 9.17) is 0 Å². The Morgan fingerprint density at radius 1 is 1.47 bits per heavy atom. The first-order valence-electron chi connectivity index (χ1n) is 6.58. The third-order valence-corrected chi connectivity index (χ3v) is 4.78. The molecule has 5 nitrogen and oxygen atoms in total. The van der Waals surface area contributed by atoms with Gasteiger partial charge in [-0.2, -0.15) is 0 Å². The summed E-state index contributed by atoms with van der Waals surface area (Å²) in [5.74, 6) is 1.56. The number of imidazole rings is 1. The Labute approximate surface area is 117 Å². The molecule has 104 valence electrons. The molecule has 0 amide bonds. The summed E-state index contributed by atoms with van der Waals surface area (Å²) >= 11 is 1.61. The number of aliphatic hydroxyl groups excluding tert-OH is 1. The van der Waals surface area contributed by atoms with Gasteiger partial charge in [-0.3, -0.25) is 4.40 Å². The van der Waals surface area contributed by atoms with Gasteiger partial charge in [0.1, 0.15) is 0 Å². The van der Waals surface area contributed by atoms with E-state index in [-0.39, 0.29) is 6.61 Å². The smallest absolute Gasteiger partial charge is 0.195 e. The van der Waals surface area contributed by atoms with Crippen molar-refractivity contribution in [2.24, 2.45) is 5.92 Å². The minimum Gasteiger partial charge on any atom is -0.390 e. The number of fused-ring (bicyclic) bond motifs is 1. The van der Waals surface area contributed by atoms with Gasteiger partial charge < -0.3 is 14.9 Å². The summed E-state index contributed by atoms with van der Waals surface area (Å²) in [6.45, 7) is 4.29. The number of rotatable bonds is 3. The van der Waals surface area contributed by atoms with Crippen molar-refractivity contribution in [2.75, 3.05) is 32.1 Å². The van der Waals surface area contributed by atoms with Crippen molar-refractivity contribution in [3.63, 3.8) is 0 Å². The Balaban J connectivity index is 1.94. The number of likely N-dealkylation sites (N-methyl/N-ethyl adjacent to an activating group) is 1. The molecule has 1 N–H and O–H groups in total. The van der Waals surface area contributed by atoms with Crippen LogP contribution in [0.4, 0.5) is 5.82 Å². The predicted octanol–water partition coefficient (Wildman–Crippen LogP) is 1.27. The zero-order valence-corrected chi connectivity index (χ0v) is 12.4. The van der Waals surface area contributed by atoms with Crippen molar-refractivity contribution >= 4 is 22.1 Å². The minimum atomic E-state index is 0.0325. The third kappa shape index (κ3) is 2.04. The number of nitrogens with zero attached hydrogens (tertiary/aromatic N) is 4. The van der Waals surface area contributed by atoms with Gasteiger partial charge in [0.25, 0.3) is 0 Å². The number of hydrogen-bond acceptors (Lipinski definition) is 5. The molecule has 0 aliphatic carbocycles. The highest BCUT2D eigenvalue weighted by Gasteiger charge is 2.33. The molecule has 2 aromatic heterocycles. The van der Waals surface area contributed by atoms with Gasteiger partial charge in [-0.05, 0) is 20.0 Å². The molecule has 2 atom stereocenters. The molecule has 1 saturated heterocycles. The van der Waals surface area contributed by atoms with E-state index in [2.05, 4.69) is 35.8 Å². The molecule has 19 heavy (non-hydrogen) atoms. The lowest BCUT2D eigenvalue weighted by molar-refractivity contribution is 0.266. The van der Waals surface area contributed by atoms with E-state index >= 15 is 0 Å². The van der Waals surface area contributed by atoms with Crippen LogP contribution < -0.4 is 4.90 Å². The maximum absolute atomic E-state index is 9.63. The van der Waals surface area contributed by atoms with Gasteiger partial charge >= 0.3 is 0 Å². The zero-order valence-electron chi connectivity index (χ0n) is 11.6. The summed E-state index contributed by atoms with van der Waals surface area (Å²) < 4.78 is 1.99. The fourth-order valence-electron chi connectivity index (χ4n) is 3.02. The fraction of sp³-hybridized carbons (Fsp3) is 0.615. The van der Waals surface area contributed by atoms with E-state index in [0.717, 1.165) is 29.6 Å². The molecule has 3 heterocycles. The SMILES string of the molecule is CC1CN(c2nc3sccn3c2CO)CC1N(C)C. The third-order valence-electron chi connectivity index (χ3n) is 4.03. The van der Waals surface area contributed by atoms with Crippen molar-refractivity contribution in [3.05, 3.63) is 17.3 Å². The molecule has 2 unspecified atom stereocenters. The van der Waals surface area contributed by atoms with Crippen molar-refractivity contribution in [1.29, 1.82) is 0 Å². The second-order valence-electron chi connectivity index (χ2n) is 5.51. The number of thiazole rings is 1. The van der Waals surface area contributed by atoms with Gasteiger partial charge in [-0.1, -0.05) is 6.92 Å². The lowest BCUT2D eigenvalue weighted by Gasteiger charge is -2.22. The highest BCUT2D eigenvalue weighted by atomic mass is 32.1. The molecule has 0 aromatic carbocycles. The van der Waals surface area contributed by atoms with Crippen molar-refractivity contribution in [3.8, 4) is 0 Å². The number of anilines is 1. The molecule has 1 aliphatic rings. The molecular weight excluding hydrogens is 260 g/mol. The Hall–Kier alpha value is -1.11. The van der Waals surface area contributed by atoms with Crippen molar-refractivity contribution < 1.29 is 5.11 Å². The largest absolute Gasteiger partial charge is 0.390 e. The summed E-state index contributed by atoms with van der Waals surface area (Å²) in [6.07, 6.45) is 1.98. The van der Waals surface area contributed by atoms with Gasteiger partial charge in [0.2, 0.25) is 0 Å². The van der Waals surface area contributed by atoms with Crippen LogP contribution in [-0.2, 0) is 6.61 Å². The summed E-state index contributed by atoms with van der Waals surface area (Å²) in [5.41, 5.74) is 0.905. The Morgan fingerprint density at radius 2 is 2.26 bits per heavy atom. The molecular formula is C13H20N4OS. The lowest BCUT2D eigenvalue weighted by atomic mass is 10.1. The molecule has 1 aliphatic heterocycles. The Bertz CT molecular complexity index is 576. The van der Waals surface area contributed by atoms with E-state index in [1.807, 2.05) is 16.0 Å². The van der Waals surface area contributed by atoms with E-state index in [1.54, 1.807) is 11.3 Å². The normalized spacial score (nSPS) is 23.9. The second-order valence-corrected chi connectivity index (χ2v) is 6.38. The maximum Gasteiger partial charge on any atom is 0.195 e. The average Bonchev–Trinajstić information content (AvgIpc) is 3.00. The van der Waals surface area contributed by atoms with E-state index in [9.17, 15) is 5.11 Å². The zero-order chi connectivity index (χ0) is 13.6. The van der Waals surface area contributed by atoms with Gasteiger partial charge in [0, 0.05) is 30.7 Å². The Kier molecular flexibility index (Phi) is 3.24. The Morgan fingerprint density at radius 3 is 2.89 bits per heavy atom. The average molecular weight is 280 g/mol. The van der Waals surface area contributed by atoms with E-state index in [0.29, 0.717) is 12.0 Å². The van der Waals surface area contributed by atoms with Gasteiger partial charge in [0.05, 0.1) is 12.3 Å². The topological polar surface area (TPSA) is 44.0 Å². The summed E-state index contributed by atoms with van der Waals surface area (Å²) in [5, 5.41) is 11.6. The van der Waals surface area contributed by atoms with E-state index in [1.165, 1.54) is 0 Å². The number of aromatic nitrogens is 2. The maximum atomic E-state index is 9.63. The lowest BCUT2D eigenvalue weighted by Crippen LogP contribution is -2.34. The van der Waals surface area contributed by atoms with Crippen LogP contribution in [0, 0.1) is 5.92 Å². The van der Waals surface area contributed by atoms with Crippen molar-refractivity contribution in [2.45, 2.75) is 19.6 Å². The first kappa shape index (κ1) is 12.9. The first-order valence-corrected chi connectivity index (χ1v) is 7.46. The monoisotopic (exact) mass is 280 g/mol. The number of hydrogen-bond donors (Lipinski definition) is 1. The van der Waals surface area contributed by atoms with Crippen LogP contribution in [-0.4, -0.2) is 52.6 Å². The van der Waals surface area contributed by atoms with Crippen molar-refractivity contribution in [1.82, 2.24) is 14.3 Å². The van der Waals surface area contributed by atoms with Crippen LogP contribution in [0.1, 0.15) is 12.6 Å². The highest BCUT2D eigenvalue weighted by Crippen LogP contribution is 2.30. The predicted molar refractivity (Wildman–Crippen MR) is 77.8 cm³/mol. The van der Waals surface area contributed by atoms with Gasteiger partial charge in [-0.25, -0.2) is 4.98 Å². The molecule has 0 saturated carbocycles. The van der Waals surface area contributed by atoms with Crippen LogP contribution in [0.2, 0.25) is 0 Å². The molecule has 3 rings (SSSR count). The first-order chi connectivity index (χ1) is 9.11. The molecule has 6 heteroatoms. The standard InChI is InChI=1S/C13H20N4OS/c1-9-6-16(7-10(9)15(2)3)12-11(8-18)17-4-5-19-13(17)14-12/h4-5,9-10,18H,6-8H2,1-3H3. The van der Waals surface area contributed by atoms with Crippen LogP contribution in [0.25, 0.3) is 4.96 Å². The fourth-order valence-corrected chi connectivity index (χ4v) is 3.74. The molecule has 2 aromatic rings. The van der Waals surface area contributed by atoms with Gasteiger partial charge in [0.15, 0.2) is 10.8 Å². The molecule has 0 bridgehead atoms. The second kappa shape index (κ2) is 4.77. The molecule has 0 spiro atoms. The molecule has 1 fully saturated rings. The highest BCUT2D eigenvalue weighted by molar-refractivity contribution is 7.15. The van der Waals surface area contributed by atoms with E-state index < -0.39 is 0 Å². The van der Waals surface area contributed by atoms with Crippen LogP contribution in [0.5, 0.6) is 0 Å². The summed E-state index contributed by atoms with van der Waals surface area (Å²) in [7, 11) is 4.26. The summed E-state index contributed by atoms with van der Waals surface area (Å²) in [6, 6.07) is 0.547. The van der Waals surface area contributed by atoms with Crippen LogP contribution in [0.3, 0.4) is 0 Å². The summed E-state index contributed by atoms with van der Waals surface area (Å²) in [4.78, 5) is 10.2. The number of aliphatic hydroxyl groups is 1. The molecule has 0 radical (unpaired) electrons. The van der Waals surface area contributed by atoms with Crippen LogP contribution >= 0.6 is 11.3 Å². The van der Waals surface area contributed by atoms with Gasteiger partial charge in [-0.15, -0.1) is 11.3 Å². The van der Waals surface area contributed by atoms with Crippen LogP contribution in [0.15, 0.2) is 11.6 Å². The quantitative estimate of drug-likeness (QED) is 0.920. The minimum absolute atomic E-state index is 0.0325.